The number of aliphatic hydroxyl groups is 1. The van der Waals surface area contributed by atoms with Gasteiger partial charge < -0.3 is 10.4 Å². The molecule has 0 saturated carbocycles. The summed E-state index contributed by atoms with van der Waals surface area (Å²) in [6.45, 7) is 1.69. The molecule has 1 aromatic carbocycles. The van der Waals surface area contributed by atoms with Crippen molar-refractivity contribution in [3.05, 3.63) is 29.6 Å². The van der Waals surface area contributed by atoms with Crippen molar-refractivity contribution in [1.82, 2.24) is 5.32 Å². The Morgan fingerprint density at radius 3 is 2.65 bits per heavy atom. The summed E-state index contributed by atoms with van der Waals surface area (Å²) in [5.41, 5.74) is 0.272. The third-order valence-corrected chi connectivity index (χ3v) is 4.14. The van der Waals surface area contributed by atoms with Gasteiger partial charge in [0.1, 0.15) is 5.82 Å². The van der Waals surface area contributed by atoms with Gasteiger partial charge in [0.15, 0.2) is 9.84 Å². The van der Waals surface area contributed by atoms with E-state index in [1.807, 2.05) is 0 Å². The number of hydrogen-bond acceptors (Lipinski definition) is 4. The van der Waals surface area contributed by atoms with E-state index in [-0.39, 0.29) is 22.8 Å². The smallest absolute Gasteiger partial charge is 0.180 e. The van der Waals surface area contributed by atoms with E-state index in [2.05, 4.69) is 5.32 Å². The minimum Gasteiger partial charge on any atom is -0.391 e. The summed E-state index contributed by atoms with van der Waals surface area (Å²) >= 11 is 0. The molecule has 17 heavy (non-hydrogen) atoms. The maximum atomic E-state index is 13.0. The van der Waals surface area contributed by atoms with Gasteiger partial charge in [-0.05, 0) is 37.7 Å². The second-order valence-corrected chi connectivity index (χ2v) is 5.94. The van der Waals surface area contributed by atoms with Crippen molar-refractivity contribution >= 4 is 9.84 Å². The van der Waals surface area contributed by atoms with E-state index in [1.54, 1.807) is 7.05 Å². The van der Waals surface area contributed by atoms with Crippen LogP contribution in [0.2, 0.25) is 0 Å². The first-order chi connectivity index (χ1) is 7.86. The molecule has 0 fully saturated rings. The largest absolute Gasteiger partial charge is 0.391 e. The van der Waals surface area contributed by atoms with Crippen LogP contribution in [0.15, 0.2) is 23.1 Å². The summed E-state index contributed by atoms with van der Waals surface area (Å²) in [5.74, 6) is -0.821. The monoisotopic (exact) mass is 261 g/mol. The minimum atomic E-state index is -3.58. The second kappa shape index (κ2) is 5.57. The Bertz CT molecular complexity index is 487. The Balaban J connectivity index is 2.93. The molecular formula is C11H16FNO3S. The molecule has 96 valence electrons. The summed E-state index contributed by atoms with van der Waals surface area (Å²) < 4.78 is 36.8. The number of aryl methyl sites for hydroxylation is 1. The van der Waals surface area contributed by atoms with Gasteiger partial charge in [-0.15, -0.1) is 0 Å². The van der Waals surface area contributed by atoms with E-state index < -0.39 is 21.8 Å². The van der Waals surface area contributed by atoms with Gasteiger partial charge in [0.2, 0.25) is 0 Å². The zero-order chi connectivity index (χ0) is 13.1. The molecule has 1 aromatic rings. The van der Waals surface area contributed by atoms with Crippen molar-refractivity contribution in [2.75, 3.05) is 19.3 Å². The van der Waals surface area contributed by atoms with E-state index in [0.717, 1.165) is 6.07 Å². The van der Waals surface area contributed by atoms with Crippen LogP contribution in [0.25, 0.3) is 0 Å². The lowest BCUT2D eigenvalue weighted by atomic mass is 10.2. The van der Waals surface area contributed by atoms with Gasteiger partial charge in [0.25, 0.3) is 0 Å². The molecule has 0 aromatic heterocycles. The first-order valence-electron chi connectivity index (χ1n) is 5.18. The van der Waals surface area contributed by atoms with Crippen LogP contribution in [0.3, 0.4) is 0 Å². The molecular weight excluding hydrogens is 245 g/mol. The highest BCUT2D eigenvalue weighted by Gasteiger charge is 2.19. The summed E-state index contributed by atoms with van der Waals surface area (Å²) in [7, 11) is -1.95. The zero-order valence-electron chi connectivity index (χ0n) is 9.77. The number of halogens is 1. The Kier molecular flexibility index (Phi) is 4.62. The van der Waals surface area contributed by atoms with Crippen LogP contribution in [-0.2, 0) is 9.84 Å². The Morgan fingerprint density at radius 1 is 1.47 bits per heavy atom. The second-order valence-electron chi connectivity index (χ2n) is 3.90. The fourth-order valence-corrected chi connectivity index (χ4v) is 2.90. The molecule has 2 N–H and O–H groups in total. The standard InChI is InChI=1S/C11H16FNO3S/c1-8-5-10(3-4-11(8)12)17(15,16)7-9(14)6-13-2/h3-5,9,13-14H,6-7H2,1-2H3. The van der Waals surface area contributed by atoms with Gasteiger partial charge in [-0.3, -0.25) is 0 Å². The molecule has 0 bridgehead atoms. The van der Waals surface area contributed by atoms with Crippen molar-refractivity contribution in [2.45, 2.75) is 17.9 Å². The number of nitrogens with one attached hydrogen (secondary N) is 1. The van der Waals surface area contributed by atoms with Crippen LogP contribution < -0.4 is 5.32 Å². The predicted molar refractivity (Wildman–Crippen MR) is 63.1 cm³/mol. The molecule has 0 amide bonds. The zero-order valence-corrected chi connectivity index (χ0v) is 10.6. The van der Waals surface area contributed by atoms with Gasteiger partial charge in [-0.2, -0.15) is 0 Å². The molecule has 0 spiro atoms. The van der Waals surface area contributed by atoms with Crippen molar-refractivity contribution < 1.29 is 17.9 Å². The number of sulfone groups is 1. The van der Waals surface area contributed by atoms with Crippen LogP contribution in [0.1, 0.15) is 5.56 Å². The molecule has 0 aliphatic carbocycles. The fraction of sp³-hybridized carbons (Fsp3) is 0.455. The van der Waals surface area contributed by atoms with Crippen LogP contribution >= 0.6 is 0 Å². The van der Waals surface area contributed by atoms with Crippen LogP contribution in [-0.4, -0.2) is 39.0 Å². The van der Waals surface area contributed by atoms with E-state index in [9.17, 15) is 17.9 Å². The molecule has 6 heteroatoms. The minimum absolute atomic E-state index is 0.0338. The molecule has 0 aliphatic rings. The van der Waals surface area contributed by atoms with Crippen molar-refractivity contribution in [3.63, 3.8) is 0 Å². The van der Waals surface area contributed by atoms with Gasteiger partial charge >= 0.3 is 0 Å². The number of likely N-dealkylation sites (N-methyl/N-ethyl adjacent to an activating group) is 1. The van der Waals surface area contributed by atoms with E-state index >= 15 is 0 Å². The SMILES string of the molecule is CNCC(O)CS(=O)(=O)c1ccc(F)c(C)c1. The van der Waals surface area contributed by atoms with E-state index in [0.29, 0.717) is 0 Å². The van der Waals surface area contributed by atoms with E-state index in [4.69, 9.17) is 0 Å². The van der Waals surface area contributed by atoms with Gasteiger partial charge in [0.05, 0.1) is 16.8 Å². The van der Waals surface area contributed by atoms with Crippen LogP contribution in [0.4, 0.5) is 4.39 Å². The van der Waals surface area contributed by atoms with Crippen molar-refractivity contribution in [3.8, 4) is 0 Å². The van der Waals surface area contributed by atoms with Gasteiger partial charge in [0, 0.05) is 6.54 Å². The van der Waals surface area contributed by atoms with Gasteiger partial charge in [-0.1, -0.05) is 0 Å². The lowest BCUT2D eigenvalue weighted by Crippen LogP contribution is -2.30. The maximum Gasteiger partial charge on any atom is 0.180 e. The first kappa shape index (κ1) is 14.1. The Hall–Kier alpha value is -0.980. The van der Waals surface area contributed by atoms with Crippen LogP contribution in [0, 0.1) is 12.7 Å². The third-order valence-electron chi connectivity index (χ3n) is 2.34. The topological polar surface area (TPSA) is 66.4 Å². The van der Waals surface area contributed by atoms with Crippen LogP contribution in [0.5, 0.6) is 0 Å². The molecule has 0 saturated heterocycles. The molecule has 1 unspecified atom stereocenters. The van der Waals surface area contributed by atoms with Crippen molar-refractivity contribution in [2.24, 2.45) is 0 Å². The molecule has 4 nitrogen and oxygen atoms in total. The van der Waals surface area contributed by atoms with Crippen molar-refractivity contribution in [1.29, 1.82) is 0 Å². The highest BCUT2D eigenvalue weighted by Crippen LogP contribution is 2.16. The highest BCUT2D eigenvalue weighted by molar-refractivity contribution is 7.91. The number of rotatable bonds is 5. The normalized spacial score (nSPS) is 13.6. The average molecular weight is 261 g/mol. The molecule has 0 heterocycles. The predicted octanol–water partition coefficient (Wildman–Crippen LogP) is 0.488. The quantitative estimate of drug-likeness (QED) is 0.757. The summed E-state index contributed by atoms with van der Waals surface area (Å²) in [4.78, 5) is 0.0338. The molecule has 0 aliphatic heterocycles. The third kappa shape index (κ3) is 3.76. The average Bonchev–Trinajstić information content (AvgIpc) is 2.21. The Labute approximate surface area is 100 Å². The lowest BCUT2D eigenvalue weighted by Gasteiger charge is -2.11. The lowest BCUT2D eigenvalue weighted by molar-refractivity contribution is 0.197. The number of benzene rings is 1. The number of aliphatic hydroxyl groups excluding tert-OH is 1. The maximum absolute atomic E-state index is 13.0. The van der Waals surface area contributed by atoms with Gasteiger partial charge in [-0.25, -0.2) is 12.8 Å². The summed E-state index contributed by atoms with van der Waals surface area (Å²) in [6.07, 6.45) is -0.977. The Morgan fingerprint density at radius 2 is 2.12 bits per heavy atom. The van der Waals surface area contributed by atoms with E-state index in [1.165, 1.54) is 19.1 Å². The molecule has 1 rings (SSSR count). The highest BCUT2D eigenvalue weighted by atomic mass is 32.2. The fourth-order valence-electron chi connectivity index (χ4n) is 1.45. The number of hydrogen-bond donors (Lipinski definition) is 2. The first-order valence-corrected chi connectivity index (χ1v) is 6.83. The summed E-state index contributed by atoms with van der Waals surface area (Å²) in [6, 6.07) is 3.60. The summed E-state index contributed by atoms with van der Waals surface area (Å²) in [5, 5.41) is 12.1. The molecule has 0 radical (unpaired) electrons. The molecule has 1 atom stereocenters.